The summed E-state index contributed by atoms with van der Waals surface area (Å²) in [6, 6.07) is 14.3. The minimum Gasteiger partial charge on any atom is -0.493 e. The monoisotopic (exact) mass is 291 g/mol. The number of fused-ring (bicyclic) bond motifs is 1. The van der Waals surface area contributed by atoms with E-state index in [1.54, 1.807) is 36.6 Å². The summed E-state index contributed by atoms with van der Waals surface area (Å²) < 4.78 is 5.50. The van der Waals surface area contributed by atoms with E-state index in [9.17, 15) is 9.59 Å². The van der Waals surface area contributed by atoms with Gasteiger partial charge in [-0.25, -0.2) is 4.90 Å². The first kappa shape index (κ1) is 12.8. The first-order valence-corrected chi connectivity index (χ1v) is 7.14. The Morgan fingerprint density at radius 3 is 2.32 bits per heavy atom. The first-order chi connectivity index (χ1) is 10.8. The fourth-order valence-corrected chi connectivity index (χ4v) is 2.89. The lowest BCUT2D eigenvalue weighted by atomic mass is 10.1. The quantitative estimate of drug-likeness (QED) is 0.796. The van der Waals surface area contributed by atoms with E-state index < -0.39 is 0 Å². The Bertz CT molecular complexity index is 766. The molecule has 1 unspecified atom stereocenters. The van der Waals surface area contributed by atoms with Crippen LogP contribution in [-0.4, -0.2) is 11.8 Å². The van der Waals surface area contributed by atoms with Gasteiger partial charge in [0.15, 0.2) is 0 Å². The van der Waals surface area contributed by atoms with Crippen LogP contribution < -0.4 is 4.90 Å². The molecule has 0 bridgehead atoms. The molecule has 0 saturated heterocycles. The summed E-state index contributed by atoms with van der Waals surface area (Å²) in [6.45, 7) is 0. The van der Waals surface area contributed by atoms with Crippen molar-refractivity contribution in [2.45, 2.75) is 12.5 Å². The van der Waals surface area contributed by atoms with Crippen LogP contribution >= 0.6 is 0 Å². The highest BCUT2D eigenvalue weighted by Crippen LogP contribution is 2.32. The maximum Gasteiger partial charge on any atom is 0.266 e. The molecule has 0 radical (unpaired) electrons. The highest BCUT2D eigenvalue weighted by Gasteiger charge is 2.36. The van der Waals surface area contributed by atoms with Crippen LogP contribution in [0.1, 0.15) is 38.8 Å². The Balaban J connectivity index is 1.73. The highest BCUT2D eigenvalue weighted by molar-refractivity contribution is 6.34. The van der Waals surface area contributed by atoms with Crippen LogP contribution in [0.2, 0.25) is 0 Å². The van der Waals surface area contributed by atoms with Crippen LogP contribution in [0.25, 0.3) is 0 Å². The Hall–Kier alpha value is -2.88. The van der Waals surface area contributed by atoms with Crippen molar-refractivity contribution in [3.63, 3.8) is 0 Å². The zero-order valence-electron chi connectivity index (χ0n) is 11.7. The summed E-state index contributed by atoms with van der Waals surface area (Å²) in [5, 5.41) is 0. The van der Waals surface area contributed by atoms with E-state index in [-0.39, 0.29) is 17.9 Å². The van der Waals surface area contributed by atoms with Gasteiger partial charge in [-0.15, -0.1) is 0 Å². The predicted octanol–water partition coefficient (Wildman–Crippen LogP) is 3.46. The maximum atomic E-state index is 12.5. The molecule has 2 aromatic carbocycles. The third kappa shape index (κ3) is 1.84. The molecule has 2 aliphatic heterocycles. The van der Waals surface area contributed by atoms with E-state index in [1.165, 1.54) is 4.90 Å². The average Bonchev–Trinajstić information content (AvgIpc) is 3.17. The van der Waals surface area contributed by atoms with Gasteiger partial charge in [-0.2, -0.15) is 0 Å². The second-order valence-corrected chi connectivity index (χ2v) is 5.32. The molecule has 2 amide bonds. The number of ether oxygens (including phenoxy) is 1. The van der Waals surface area contributed by atoms with Gasteiger partial charge in [-0.1, -0.05) is 24.3 Å². The van der Waals surface area contributed by atoms with Gasteiger partial charge in [0.25, 0.3) is 11.8 Å². The molecule has 2 heterocycles. The fourth-order valence-electron chi connectivity index (χ4n) is 2.89. The molecule has 4 nitrogen and oxygen atoms in total. The lowest BCUT2D eigenvalue weighted by Gasteiger charge is -2.17. The van der Waals surface area contributed by atoms with E-state index in [0.717, 1.165) is 12.0 Å². The zero-order chi connectivity index (χ0) is 15.1. The molecule has 2 aliphatic rings. The van der Waals surface area contributed by atoms with Gasteiger partial charge in [-0.05, 0) is 35.9 Å². The Kier molecular flexibility index (Phi) is 2.82. The van der Waals surface area contributed by atoms with Crippen LogP contribution in [0.15, 0.2) is 60.9 Å². The number of hydrogen-bond acceptors (Lipinski definition) is 3. The van der Waals surface area contributed by atoms with Crippen molar-refractivity contribution >= 4 is 17.5 Å². The van der Waals surface area contributed by atoms with Gasteiger partial charge in [0.05, 0.1) is 23.1 Å². The van der Waals surface area contributed by atoms with E-state index in [2.05, 4.69) is 0 Å². The van der Waals surface area contributed by atoms with E-state index in [0.29, 0.717) is 16.8 Å². The molecule has 1 atom stereocenters. The number of hydrogen-bond donors (Lipinski definition) is 0. The van der Waals surface area contributed by atoms with Crippen LogP contribution in [0.5, 0.6) is 0 Å². The summed E-state index contributed by atoms with van der Waals surface area (Å²) in [5.74, 6) is -0.550. The molecule has 0 spiro atoms. The van der Waals surface area contributed by atoms with Crippen molar-refractivity contribution in [1.29, 1.82) is 0 Å². The van der Waals surface area contributed by atoms with Crippen LogP contribution in [0.4, 0.5) is 5.69 Å². The molecule has 0 fully saturated rings. The molecular formula is C18H13NO3. The minimum atomic E-state index is -0.275. The van der Waals surface area contributed by atoms with Crippen molar-refractivity contribution in [1.82, 2.24) is 0 Å². The van der Waals surface area contributed by atoms with E-state index in [1.807, 2.05) is 24.3 Å². The van der Waals surface area contributed by atoms with Crippen LogP contribution in [-0.2, 0) is 4.74 Å². The van der Waals surface area contributed by atoms with Crippen molar-refractivity contribution in [3.05, 3.63) is 77.6 Å². The molecule has 108 valence electrons. The molecule has 0 aliphatic carbocycles. The molecule has 0 saturated carbocycles. The third-order valence-corrected chi connectivity index (χ3v) is 3.98. The zero-order valence-corrected chi connectivity index (χ0v) is 11.7. The summed E-state index contributed by atoms with van der Waals surface area (Å²) in [4.78, 5) is 26.2. The summed E-state index contributed by atoms with van der Waals surface area (Å²) in [5.41, 5.74) is 2.45. The van der Waals surface area contributed by atoms with Gasteiger partial charge in [0.2, 0.25) is 0 Å². The Morgan fingerprint density at radius 1 is 0.955 bits per heavy atom. The lowest BCUT2D eigenvalue weighted by molar-refractivity contribution is 0.0926. The molecule has 4 rings (SSSR count). The number of anilines is 1. The highest BCUT2D eigenvalue weighted by atomic mass is 16.5. The van der Waals surface area contributed by atoms with Gasteiger partial charge in [0, 0.05) is 6.42 Å². The molecule has 2 aromatic rings. The normalized spacial score (nSPS) is 19.5. The Morgan fingerprint density at radius 2 is 1.68 bits per heavy atom. The number of nitrogens with zero attached hydrogens (tertiary/aromatic N) is 1. The number of carbonyl (C=O) groups is 2. The largest absolute Gasteiger partial charge is 0.493 e. The number of imide groups is 1. The standard InChI is InChI=1S/C18H13NO3/c20-17-14-7-1-2-8-15(14)18(21)19(17)13-6-3-5-12(11-13)16-9-4-10-22-16/h1-8,10-11,16H,9H2. The van der Waals surface area contributed by atoms with E-state index >= 15 is 0 Å². The van der Waals surface area contributed by atoms with Gasteiger partial charge in [-0.3, -0.25) is 9.59 Å². The molecule has 22 heavy (non-hydrogen) atoms. The molecule has 4 heteroatoms. The van der Waals surface area contributed by atoms with Crippen molar-refractivity contribution in [2.75, 3.05) is 4.90 Å². The first-order valence-electron chi connectivity index (χ1n) is 7.14. The summed E-state index contributed by atoms with van der Waals surface area (Å²) in [7, 11) is 0. The number of benzene rings is 2. The maximum absolute atomic E-state index is 12.5. The average molecular weight is 291 g/mol. The summed E-state index contributed by atoms with van der Waals surface area (Å²) >= 11 is 0. The minimum absolute atomic E-state index is 0.0462. The number of rotatable bonds is 2. The van der Waals surface area contributed by atoms with Gasteiger partial charge in [0.1, 0.15) is 6.10 Å². The lowest BCUT2D eigenvalue weighted by Crippen LogP contribution is -2.29. The van der Waals surface area contributed by atoms with Gasteiger partial charge >= 0.3 is 0 Å². The van der Waals surface area contributed by atoms with Crippen molar-refractivity contribution in [3.8, 4) is 0 Å². The SMILES string of the molecule is O=C1c2ccccc2C(=O)N1c1cccc(C2CC=CO2)c1. The third-order valence-electron chi connectivity index (χ3n) is 3.98. The van der Waals surface area contributed by atoms with Crippen LogP contribution in [0, 0.1) is 0 Å². The van der Waals surface area contributed by atoms with Crippen molar-refractivity contribution < 1.29 is 14.3 Å². The molecule has 0 N–H and O–H groups in total. The number of carbonyl (C=O) groups excluding carboxylic acids is 2. The topological polar surface area (TPSA) is 46.6 Å². The second-order valence-electron chi connectivity index (χ2n) is 5.32. The second kappa shape index (κ2) is 4.84. The van der Waals surface area contributed by atoms with Gasteiger partial charge < -0.3 is 4.74 Å². The summed E-state index contributed by atoms with van der Waals surface area (Å²) in [6.07, 6.45) is 4.39. The molecular weight excluding hydrogens is 278 g/mol. The molecule has 0 aromatic heterocycles. The van der Waals surface area contributed by atoms with Crippen molar-refractivity contribution in [2.24, 2.45) is 0 Å². The van der Waals surface area contributed by atoms with E-state index in [4.69, 9.17) is 4.74 Å². The van der Waals surface area contributed by atoms with Crippen LogP contribution in [0.3, 0.4) is 0 Å². The predicted molar refractivity (Wildman–Crippen MR) is 81.6 cm³/mol. The number of amides is 2. The smallest absolute Gasteiger partial charge is 0.266 e. The fraction of sp³-hybridized carbons (Fsp3) is 0.111. The Labute approximate surface area is 127 Å².